The monoisotopic (exact) mass is 747 g/mol. The van der Waals surface area contributed by atoms with Crippen LogP contribution in [-0.4, -0.2) is 53.1 Å². The summed E-state index contributed by atoms with van der Waals surface area (Å²) in [6.45, 7) is -0.134. The van der Waals surface area contributed by atoms with E-state index in [9.17, 15) is 14.4 Å². The SMILES string of the molecule is Br.Br.Br.NC(=O)CN(C(=O)[C@@H](N)CCCN=C(N)N)c1ccc(Br)cc1C(=O)c1ccccn1.O. The molecule has 10 N–H and O–H groups in total. The number of benzene rings is 1. The van der Waals surface area contributed by atoms with Gasteiger partial charge in [0.2, 0.25) is 17.6 Å². The van der Waals surface area contributed by atoms with E-state index < -0.39 is 30.2 Å². The van der Waals surface area contributed by atoms with Gasteiger partial charge < -0.3 is 33.3 Å². The fraction of sp³-hybridized carbons (Fsp3) is 0.250. The molecular weight excluding hydrogens is 722 g/mol. The van der Waals surface area contributed by atoms with Crippen LogP contribution in [0, 0.1) is 0 Å². The number of nitrogens with two attached hydrogens (primary N) is 4. The number of halogens is 4. The molecule has 2 amide bonds. The normalized spacial score (nSPS) is 10.1. The number of hydrogen-bond donors (Lipinski definition) is 4. The molecule has 0 saturated carbocycles. The van der Waals surface area contributed by atoms with Crippen molar-refractivity contribution in [1.82, 2.24) is 4.98 Å². The molecule has 1 atom stereocenters. The maximum atomic E-state index is 13.1. The molecule has 15 heteroatoms. The van der Waals surface area contributed by atoms with Gasteiger partial charge in [0, 0.05) is 22.8 Å². The minimum atomic E-state index is -0.949. The third-order valence-corrected chi connectivity index (χ3v) is 4.75. The smallest absolute Gasteiger partial charge is 0.244 e. The van der Waals surface area contributed by atoms with Crippen molar-refractivity contribution in [2.45, 2.75) is 18.9 Å². The van der Waals surface area contributed by atoms with E-state index in [1.165, 1.54) is 6.20 Å². The average Bonchev–Trinajstić information content (AvgIpc) is 2.74. The van der Waals surface area contributed by atoms with Crippen molar-refractivity contribution in [3.8, 4) is 0 Å². The van der Waals surface area contributed by atoms with Crippen molar-refractivity contribution in [2.24, 2.45) is 27.9 Å². The van der Waals surface area contributed by atoms with Gasteiger partial charge in [0.25, 0.3) is 0 Å². The summed E-state index contributed by atoms with van der Waals surface area (Å²) in [6, 6.07) is 8.72. The maximum Gasteiger partial charge on any atom is 0.244 e. The molecule has 0 aliphatic heterocycles. The van der Waals surface area contributed by atoms with Crippen molar-refractivity contribution < 1.29 is 19.9 Å². The third-order valence-electron chi connectivity index (χ3n) is 4.26. The van der Waals surface area contributed by atoms with E-state index in [-0.39, 0.29) is 85.7 Å². The summed E-state index contributed by atoms with van der Waals surface area (Å²) in [6.07, 6.45) is 2.21. The molecule has 1 aromatic heterocycles. The number of ketones is 1. The molecule has 0 saturated heterocycles. The molecule has 11 nitrogen and oxygen atoms in total. The minimum Gasteiger partial charge on any atom is -0.412 e. The van der Waals surface area contributed by atoms with Crippen LogP contribution in [0.25, 0.3) is 0 Å². The van der Waals surface area contributed by atoms with Gasteiger partial charge in [-0.15, -0.1) is 50.9 Å². The zero-order chi connectivity index (χ0) is 23.0. The van der Waals surface area contributed by atoms with Crippen LogP contribution in [0.4, 0.5) is 5.69 Å². The summed E-state index contributed by atoms with van der Waals surface area (Å²) >= 11 is 3.33. The quantitative estimate of drug-likeness (QED) is 0.120. The van der Waals surface area contributed by atoms with Crippen molar-refractivity contribution in [3.05, 3.63) is 58.3 Å². The molecular formula is C20H29Br4N7O4. The molecule has 0 bridgehead atoms. The van der Waals surface area contributed by atoms with Crippen LogP contribution < -0.4 is 27.8 Å². The number of primary amides is 1. The summed E-state index contributed by atoms with van der Waals surface area (Å²) in [7, 11) is 0. The summed E-state index contributed by atoms with van der Waals surface area (Å²) in [5, 5.41) is 0. The Kier molecular flexibility index (Phi) is 19.8. The predicted octanol–water partition coefficient (Wildman–Crippen LogP) is 1.18. The Morgan fingerprint density at radius 3 is 2.26 bits per heavy atom. The van der Waals surface area contributed by atoms with Crippen LogP contribution in [-0.2, 0) is 9.59 Å². The summed E-state index contributed by atoms with van der Waals surface area (Å²) in [5.41, 5.74) is 22.6. The summed E-state index contributed by atoms with van der Waals surface area (Å²) in [4.78, 5) is 46.9. The lowest BCUT2D eigenvalue weighted by Crippen LogP contribution is -2.48. The molecule has 1 aromatic carbocycles. The zero-order valence-electron chi connectivity index (χ0n) is 18.4. The van der Waals surface area contributed by atoms with Crippen LogP contribution in [0.3, 0.4) is 0 Å². The molecule has 1 heterocycles. The van der Waals surface area contributed by atoms with Crippen LogP contribution in [0.2, 0.25) is 0 Å². The van der Waals surface area contributed by atoms with Crippen LogP contribution in [0.5, 0.6) is 0 Å². The average molecular weight is 751 g/mol. The topological polar surface area (TPSA) is 215 Å². The number of nitrogens with zero attached hydrogens (tertiary/aromatic N) is 3. The van der Waals surface area contributed by atoms with E-state index in [4.69, 9.17) is 22.9 Å². The maximum absolute atomic E-state index is 13.1. The third kappa shape index (κ3) is 11.6. The Bertz CT molecular complexity index is 993. The first kappa shape index (κ1) is 37.6. The second-order valence-corrected chi connectivity index (χ2v) is 7.57. The molecule has 2 aromatic rings. The first-order valence-electron chi connectivity index (χ1n) is 9.36. The van der Waals surface area contributed by atoms with E-state index in [0.29, 0.717) is 17.4 Å². The number of aromatic nitrogens is 1. The fourth-order valence-electron chi connectivity index (χ4n) is 2.84. The largest absolute Gasteiger partial charge is 0.412 e. The highest BCUT2D eigenvalue weighted by molar-refractivity contribution is 9.10. The minimum absolute atomic E-state index is 0. The molecule has 0 aliphatic rings. The number of amides is 2. The Balaban J connectivity index is -0.00000256. The van der Waals surface area contributed by atoms with Crippen LogP contribution in [0.1, 0.15) is 28.9 Å². The number of guanidine groups is 1. The molecule has 0 aliphatic carbocycles. The predicted molar refractivity (Wildman–Crippen MR) is 156 cm³/mol. The van der Waals surface area contributed by atoms with Gasteiger partial charge in [0.1, 0.15) is 12.2 Å². The first-order chi connectivity index (χ1) is 14.7. The highest BCUT2D eigenvalue weighted by Gasteiger charge is 2.28. The van der Waals surface area contributed by atoms with Gasteiger partial charge in [-0.3, -0.25) is 24.4 Å². The molecule has 0 fully saturated rings. The van der Waals surface area contributed by atoms with Gasteiger partial charge in [-0.1, -0.05) is 22.0 Å². The van der Waals surface area contributed by atoms with Gasteiger partial charge in [0.15, 0.2) is 5.96 Å². The summed E-state index contributed by atoms with van der Waals surface area (Å²) in [5.74, 6) is -1.77. The summed E-state index contributed by atoms with van der Waals surface area (Å²) < 4.78 is 0.614. The van der Waals surface area contributed by atoms with Gasteiger partial charge in [-0.05, 0) is 43.2 Å². The van der Waals surface area contributed by atoms with E-state index in [2.05, 4.69) is 25.9 Å². The van der Waals surface area contributed by atoms with Gasteiger partial charge in [-0.2, -0.15) is 0 Å². The zero-order valence-corrected chi connectivity index (χ0v) is 25.2. The van der Waals surface area contributed by atoms with Gasteiger partial charge in [-0.25, -0.2) is 0 Å². The fourth-order valence-corrected chi connectivity index (χ4v) is 3.20. The highest BCUT2D eigenvalue weighted by Crippen LogP contribution is 2.27. The second-order valence-electron chi connectivity index (χ2n) is 6.65. The Morgan fingerprint density at radius 2 is 1.71 bits per heavy atom. The number of anilines is 1. The Labute approximate surface area is 242 Å². The molecule has 0 radical (unpaired) electrons. The van der Waals surface area contributed by atoms with Crippen molar-refractivity contribution in [1.29, 1.82) is 0 Å². The van der Waals surface area contributed by atoms with E-state index in [1.807, 2.05) is 0 Å². The molecule has 196 valence electrons. The van der Waals surface area contributed by atoms with Crippen molar-refractivity contribution in [2.75, 3.05) is 18.0 Å². The number of hydrogen-bond acceptors (Lipinski definition) is 6. The number of aliphatic imine (C=N–C) groups is 1. The van der Waals surface area contributed by atoms with Crippen LogP contribution >= 0.6 is 66.9 Å². The van der Waals surface area contributed by atoms with E-state index in [0.717, 1.165) is 4.90 Å². The Morgan fingerprint density at radius 1 is 1.06 bits per heavy atom. The van der Waals surface area contributed by atoms with Crippen molar-refractivity contribution >= 4 is 96.1 Å². The first-order valence-corrected chi connectivity index (χ1v) is 10.2. The Hall–Kier alpha value is -1.91. The number of carbonyl (C=O) groups excluding carboxylic acids is 3. The molecule has 2 rings (SSSR count). The molecule has 0 spiro atoms. The van der Waals surface area contributed by atoms with Crippen molar-refractivity contribution in [3.63, 3.8) is 0 Å². The lowest BCUT2D eigenvalue weighted by Gasteiger charge is -2.26. The van der Waals surface area contributed by atoms with E-state index in [1.54, 1.807) is 36.4 Å². The lowest BCUT2D eigenvalue weighted by molar-refractivity contribution is -0.123. The van der Waals surface area contributed by atoms with E-state index >= 15 is 0 Å². The van der Waals surface area contributed by atoms with Crippen LogP contribution in [0.15, 0.2) is 52.1 Å². The highest BCUT2D eigenvalue weighted by atomic mass is 79.9. The lowest BCUT2D eigenvalue weighted by atomic mass is 10.0. The van der Waals surface area contributed by atoms with Gasteiger partial charge >= 0.3 is 0 Å². The standard InChI is InChI=1S/C20H24BrN7O3.3BrH.H2O/c21-12-6-7-16(13(10-12)18(30)15-5-1-2-8-26-15)28(11-17(23)29)19(31)14(22)4-3-9-27-20(24)25;;;;/h1-2,5-8,10,14H,3-4,9,11,22H2,(H2,23,29)(H4,24,25,27);3*1H;1H2/t14-;;;;/m0..../s1. The second kappa shape index (κ2) is 18.4. The number of pyridine rings is 1. The molecule has 35 heavy (non-hydrogen) atoms. The van der Waals surface area contributed by atoms with Gasteiger partial charge in [0.05, 0.1) is 11.7 Å². The molecule has 0 unspecified atom stereocenters. The number of carbonyl (C=O) groups is 3. The number of rotatable bonds is 10.